The van der Waals surface area contributed by atoms with Crippen LogP contribution in [0.15, 0.2) is 0 Å². The van der Waals surface area contributed by atoms with Crippen LogP contribution >= 0.6 is 0 Å². The van der Waals surface area contributed by atoms with Crippen molar-refractivity contribution in [3.05, 3.63) is 0 Å². The topological polar surface area (TPSA) is 55.6 Å². The van der Waals surface area contributed by atoms with Crippen LogP contribution in [-0.2, 0) is 11.4 Å². The van der Waals surface area contributed by atoms with Gasteiger partial charge in [0.05, 0.1) is 0 Å². The average molecular weight is 231 g/mol. The molecule has 5 heteroatoms. The highest BCUT2D eigenvalue weighted by molar-refractivity contribution is 7.89. The highest BCUT2D eigenvalue weighted by Gasteiger charge is 2.35. The van der Waals surface area contributed by atoms with Crippen molar-refractivity contribution in [2.45, 2.75) is 31.1 Å². The van der Waals surface area contributed by atoms with Gasteiger partial charge in [0, 0.05) is 56.4 Å². The lowest BCUT2D eigenvalue weighted by Gasteiger charge is -2.47. The van der Waals surface area contributed by atoms with Crippen LogP contribution in [-0.4, -0.2) is 58.4 Å². The zero-order valence-corrected chi connectivity index (χ0v) is 10.2. The molecule has 0 bridgehead atoms. The van der Waals surface area contributed by atoms with E-state index in [-0.39, 0.29) is 5.25 Å². The van der Waals surface area contributed by atoms with Crippen molar-refractivity contribution in [1.29, 1.82) is 0 Å². The minimum atomic E-state index is -1.11. The van der Waals surface area contributed by atoms with Crippen molar-refractivity contribution in [3.63, 3.8) is 0 Å². The first-order valence-corrected chi connectivity index (χ1v) is 7.09. The second-order valence-electron chi connectivity index (χ2n) is 4.57. The molecule has 0 radical (unpaired) electrons. The standard InChI is InChI=1S/C10H21N3OS/c1-2-12-7-9(8-12)13-5-3-10(4-6-13)15(11)14/h9-10H,2-8,11H2,1H3. The zero-order chi connectivity index (χ0) is 10.8. The quantitative estimate of drug-likeness (QED) is 0.682. The number of hydrogen-bond donors (Lipinski definition) is 1. The summed E-state index contributed by atoms with van der Waals surface area (Å²) in [6.07, 6.45) is 2.01. The Kier molecular flexibility index (Phi) is 3.90. The summed E-state index contributed by atoms with van der Waals surface area (Å²) in [5, 5.41) is 5.66. The van der Waals surface area contributed by atoms with Gasteiger partial charge in [0.25, 0.3) is 0 Å². The number of likely N-dealkylation sites (tertiary alicyclic amines) is 2. The fourth-order valence-corrected chi connectivity index (χ4v) is 3.18. The Balaban J connectivity index is 1.70. The maximum atomic E-state index is 11.1. The van der Waals surface area contributed by atoms with E-state index in [0.717, 1.165) is 32.0 Å². The second-order valence-corrected chi connectivity index (χ2v) is 5.89. The number of rotatable bonds is 3. The molecule has 0 aliphatic carbocycles. The molecule has 2 fully saturated rings. The lowest BCUT2D eigenvalue weighted by Crippen LogP contribution is -2.61. The summed E-state index contributed by atoms with van der Waals surface area (Å²) < 4.78 is 11.1. The van der Waals surface area contributed by atoms with Gasteiger partial charge in [-0.2, -0.15) is 5.14 Å². The fraction of sp³-hybridized carbons (Fsp3) is 1.00. The Hall–Kier alpha value is 0.190. The molecule has 0 saturated carbocycles. The van der Waals surface area contributed by atoms with E-state index in [0.29, 0.717) is 0 Å². The Labute approximate surface area is 95.1 Å². The Bertz CT molecular complexity index is 201. The molecule has 4 nitrogen and oxygen atoms in total. The van der Waals surface area contributed by atoms with E-state index in [1.54, 1.807) is 0 Å². The fourth-order valence-electron chi connectivity index (χ4n) is 2.50. The summed E-state index contributed by atoms with van der Waals surface area (Å²) in [6.45, 7) is 7.96. The SMILES string of the molecule is CCN1CC(N2CCC([S+](N)[O-])CC2)C1. The van der Waals surface area contributed by atoms with E-state index in [9.17, 15) is 4.55 Å². The molecule has 0 aromatic rings. The first-order valence-electron chi connectivity index (χ1n) is 5.82. The molecule has 2 heterocycles. The van der Waals surface area contributed by atoms with Crippen molar-refractivity contribution >= 4 is 11.4 Å². The van der Waals surface area contributed by atoms with Gasteiger partial charge in [-0.1, -0.05) is 6.92 Å². The van der Waals surface area contributed by atoms with Crippen molar-refractivity contribution in [2.75, 3.05) is 32.7 Å². The third kappa shape index (κ3) is 2.65. The Morgan fingerprint density at radius 2 is 1.93 bits per heavy atom. The molecule has 0 amide bonds. The molecular weight excluding hydrogens is 210 g/mol. The number of nitrogens with two attached hydrogens (primary N) is 1. The summed E-state index contributed by atoms with van der Waals surface area (Å²) in [4.78, 5) is 4.99. The average Bonchev–Trinajstić information content (AvgIpc) is 2.17. The van der Waals surface area contributed by atoms with Gasteiger partial charge < -0.3 is 9.45 Å². The van der Waals surface area contributed by atoms with Crippen molar-refractivity contribution in [2.24, 2.45) is 5.14 Å². The predicted octanol–water partition coefficient (Wildman–Crippen LogP) is -0.223. The molecule has 0 aromatic heterocycles. The van der Waals surface area contributed by atoms with Crippen LogP contribution in [0.4, 0.5) is 0 Å². The first kappa shape index (κ1) is 11.7. The van der Waals surface area contributed by atoms with Crippen LogP contribution in [0.3, 0.4) is 0 Å². The Morgan fingerprint density at radius 1 is 1.33 bits per heavy atom. The molecule has 1 atom stereocenters. The zero-order valence-electron chi connectivity index (χ0n) is 9.39. The van der Waals surface area contributed by atoms with Gasteiger partial charge >= 0.3 is 0 Å². The van der Waals surface area contributed by atoms with Crippen LogP contribution < -0.4 is 5.14 Å². The smallest absolute Gasteiger partial charge is 0.137 e. The molecule has 2 saturated heterocycles. The van der Waals surface area contributed by atoms with Gasteiger partial charge in [0.2, 0.25) is 0 Å². The molecule has 0 aromatic carbocycles. The third-order valence-corrected chi connectivity index (χ3v) is 4.84. The van der Waals surface area contributed by atoms with E-state index in [2.05, 4.69) is 16.7 Å². The van der Waals surface area contributed by atoms with E-state index in [1.807, 2.05) is 0 Å². The second kappa shape index (κ2) is 5.01. The number of hydrogen-bond acceptors (Lipinski definition) is 4. The number of likely N-dealkylation sites (N-methyl/N-ethyl adjacent to an activating group) is 1. The molecular formula is C10H21N3OS. The maximum Gasteiger partial charge on any atom is 0.137 e. The van der Waals surface area contributed by atoms with Gasteiger partial charge in [0.1, 0.15) is 5.25 Å². The first-order chi connectivity index (χ1) is 7.20. The summed E-state index contributed by atoms with van der Waals surface area (Å²) in [7, 11) is 0. The molecule has 88 valence electrons. The molecule has 2 aliphatic rings. The largest absolute Gasteiger partial charge is 0.598 e. The summed E-state index contributed by atoms with van der Waals surface area (Å²) in [6, 6.07) is 0.747. The van der Waals surface area contributed by atoms with Crippen molar-refractivity contribution < 1.29 is 4.55 Å². The highest BCUT2D eigenvalue weighted by atomic mass is 32.2. The monoisotopic (exact) mass is 231 g/mol. The molecule has 1 unspecified atom stereocenters. The minimum Gasteiger partial charge on any atom is -0.598 e. The molecule has 2 N–H and O–H groups in total. The molecule has 2 rings (SSSR count). The lowest BCUT2D eigenvalue weighted by molar-refractivity contribution is 0.0275. The summed E-state index contributed by atoms with van der Waals surface area (Å²) in [5.41, 5.74) is 0. The van der Waals surface area contributed by atoms with E-state index < -0.39 is 11.4 Å². The van der Waals surface area contributed by atoms with Gasteiger partial charge in [-0.3, -0.25) is 4.90 Å². The summed E-state index contributed by atoms with van der Waals surface area (Å²) in [5.74, 6) is 0. The molecule has 2 aliphatic heterocycles. The van der Waals surface area contributed by atoms with Crippen LogP contribution in [0, 0.1) is 0 Å². The van der Waals surface area contributed by atoms with E-state index in [1.165, 1.54) is 19.6 Å². The molecule has 15 heavy (non-hydrogen) atoms. The molecule has 0 spiro atoms. The normalized spacial score (nSPS) is 29.0. The number of nitrogens with zero attached hydrogens (tertiary/aromatic N) is 2. The van der Waals surface area contributed by atoms with Gasteiger partial charge in [-0.25, -0.2) is 0 Å². The third-order valence-electron chi connectivity index (χ3n) is 3.71. The van der Waals surface area contributed by atoms with Crippen LogP contribution in [0.5, 0.6) is 0 Å². The van der Waals surface area contributed by atoms with Crippen molar-refractivity contribution in [3.8, 4) is 0 Å². The summed E-state index contributed by atoms with van der Waals surface area (Å²) >= 11 is -1.11. The maximum absolute atomic E-state index is 11.1. The van der Waals surface area contributed by atoms with Gasteiger partial charge in [-0.15, -0.1) is 0 Å². The van der Waals surface area contributed by atoms with Crippen molar-refractivity contribution in [1.82, 2.24) is 9.80 Å². The van der Waals surface area contributed by atoms with E-state index >= 15 is 0 Å². The lowest BCUT2D eigenvalue weighted by atomic mass is 10.0. The predicted molar refractivity (Wildman–Crippen MR) is 62.8 cm³/mol. The highest BCUT2D eigenvalue weighted by Crippen LogP contribution is 2.22. The van der Waals surface area contributed by atoms with Crippen LogP contribution in [0.25, 0.3) is 0 Å². The Morgan fingerprint density at radius 3 is 2.40 bits per heavy atom. The number of piperidine rings is 1. The van der Waals surface area contributed by atoms with Gasteiger partial charge in [0.15, 0.2) is 0 Å². The van der Waals surface area contributed by atoms with E-state index in [4.69, 9.17) is 5.14 Å². The van der Waals surface area contributed by atoms with Crippen LogP contribution in [0.2, 0.25) is 0 Å². The van der Waals surface area contributed by atoms with Gasteiger partial charge in [-0.05, 0) is 6.54 Å². The van der Waals surface area contributed by atoms with Crippen LogP contribution in [0.1, 0.15) is 19.8 Å². The minimum absolute atomic E-state index is 0.239.